The number of aliphatic hydroxyl groups is 1. The number of rotatable bonds is 21. The molecule has 0 unspecified atom stereocenters. The van der Waals surface area contributed by atoms with E-state index in [2.05, 4.69) is 35.9 Å². The van der Waals surface area contributed by atoms with Crippen molar-refractivity contribution in [3.05, 3.63) is 114 Å². The Bertz CT molecular complexity index is 2020. The van der Waals surface area contributed by atoms with Gasteiger partial charge in [-0.25, -0.2) is 9.97 Å². The number of hydrogen-bond donors (Lipinski definition) is 6. The average Bonchev–Trinajstić information content (AvgIpc) is 3.97. The summed E-state index contributed by atoms with van der Waals surface area (Å²) in [6.07, 6.45) is 13.1. The van der Waals surface area contributed by atoms with Crippen molar-refractivity contribution < 1.29 is 29.1 Å². The number of aliphatic hydroxyl groups excluding tert-OH is 1. The fraction of sp³-hybridized carbons (Fsp3) is 0.468. The minimum atomic E-state index is -1.20. The lowest BCUT2D eigenvalue weighted by atomic mass is 9.83. The van der Waals surface area contributed by atoms with Crippen molar-refractivity contribution in [1.29, 1.82) is 0 Å². The molecule has 1 fully saturated rings. The van der Waals surface area contributed by atoms with Gasteiger partial charge < -0.3 is 35.9 Å². The first kappa shape index (κ1) is 46.2. The van der Waals surface area contributed by atoms with Crippen LogP contribution in [-0.4, -0.2) is 97.2 Å². The van der Waals surface area contributed by atoms with Crippen molar-refractivity contribution in [3.63, 3.8) is 0 Å². The highest BCUT2D eigenvalue weighted by atomic mass is 16.3. The number of ketones is 1. The van der Waals surface area contributed by atoms with Gasteiger partial charge in [0.05, 0.1) is 36.2 Å². The fourth-order valence-corrected chi connectivity index (χ4v) is 7.58. The molecule has 14 nitrogen and oxygen atoms in total. The molecule has 0 bridgehead atoms. The summed E-state index contributed by atoms with van der Waals surface area (Å²) >= 11 is 0. The standard InChI is InChI=1S/C47H62N8O6/c1-47(2,3)42(57)24-35(22-33-16-10-6-11-17-33)44(59)54-39(25-36-27-48-30-50-36)45(60)53-38(23-34-18-12-7-13-19-34)41(56)29-55(4)46(61)40(26-37-28-49-31-51-37)52-43(58)21-20-32-14-8-5-9-15-32/h5-6,8-11,14-17,22,27-28,30-31,34,38-41,56H,7,12-13,18-21,23-26,29H2,1-4H3,(H,48,50)(H,49,51)(H,52,58)(H,53,60)(H,54,59)/t38-,39-,40-,41-/m0/s1. The van der Waals surface area contributed by atoms with Crippen molar-refractivity contribution in [3.8, 4) is 0 Å². The maximum Gasteiger partial charge on any atom is 0.248 e. The molecule has 4 amide bonds. The third-order valence-electron chi connectivity index (χ3n) is 11.2. The van der Waals surface area contributed by atoms with Gasteiger partial charge in [0, 0.05) is 62.7 Å². The van der Waals surface area contributed by atoms with Crippen LogP contribution in [-0.2, 0) is 43.2 Å². The molecule has 6 N–H and O–H groups in total. The van der Waals surface area contributed by atoms with Crippen molar-refractivity contribution >= 4 is 35.5 Å². The Balaban J connectivity index is 1.34. The van der Waals surface area contributed by atoms with Crippen LogP contribution in [0.15, 0.2) is 91.3 Å². The Labute approximate surface area is 358 Å². The summed E-state index contributed by atoms with van der Waals surface area (Å²) in [4.78, 5) is 84.8. The molecular weight excluding hydrogens is 773 g/mol. The second-order valence-corrected chi connectivity index (χ2v) is 17.2. The highest BCUT2D eigenvalue weighted by Gasteiger charge is 2.34. The summed E-state index contributed by atoms with van der Waals surface area (Å²) < 4.78 is 0. The number of nitrogens with one attached hydrogen (secondary N) is 5. The number of carbonyl (C=O) groups is 5. The van der Waals surface area contributed by atoms with Crippen LogP contribution >= 0.6 is 0 Å². The molecular formula is C47H62N8O6. The molecule has 1 aliphatic rings. The van der Waals surface area contributed by atoms with Gasteiger partial charge >= 0.3 is 0 Å². The lowest BCUT2D eigenvalue weighted by Gasteiger charge is -2.34. The fourth-order valence-electron chi connectivity index (χ4n) is 7.58. The number of H-pyrrole nitrogens is 2. The Morgan fingerprint density at radius 2 is 1.44 bits per heavy atom. The quantitative estimate of drug-likeness (QED) is 0.0638. The zero-order valence-electron chi connectivity index (χ0n) is 35.9. The lowest BCUT2D eigenvalue weighted by Crippen LogP contribution is -2.57. The number of aromatic amines is 2. The predicted molar refractivity (Wildman–Crippen MR) is 233 cm³/mol. The summed E-state index contributed by atoms with van der Waals surface area (Å²) in [5.74, 6) is -1.71. The van der Waals surface area contributed by atoms with Crippen LogP contribution in [0.5, 0.6) is 0 Å². The van der Waals surface area contributed by atoms with E-state index in [1.54, 1.807) is 46.3 Å². The number of aryl methyl sites for hydroxylation is 1. The van der Waals surface area contributed by atoms with Crippen LogP contribution in [0.3, 0.4) is 0 Å². The van der Waals surface area contributed by atoms with Crippen molar-refractivity contribution in [2.24, 2.45) is 11.3 Å². The maximum absolute atomic E-state index is 14.4. The Hall–Kier alpha value is -5.89. The van der Waals surface area contributed by atoms with Gasteiger partial charge in [-0.2, -0.15) is 0 Å². The van der Waals surface area contributed by atoms with Gasteiger partial charge in [0.25, 0.3) is 0 Å². The smallest absolute Gasteiger partial charge is 0.248 e. The Morgan fingerprint density at radius 3 is 2.03 bits per heavy atom. The van der Waals surface area contributed by atoms with Crippen molar-refractivity contribution in [1.82, 2.24) is 40.8 Å². The molecule has 2 aromatic heterocycles. The number of nitrogens with zero attached hydrogens (tertiary/aromatic N) is 3. The number of benzene rings is 2. The average molecular weight is 835 g/mol. The monoisotopic (exact) mass is 834 g/mol. The predicted octanol–water partition coefficient (Wildman–Crippen LogP) is 4.88. The van der Waals surface area contributed by atoms with E-state index in [0.717, 1.165) is 43.2 Å². The van der Waals surface area contributed by atoms with Gasteiger partial charge in [-0.15, -0.1) is 0 Å². The number of likely N-dealkylation sites (N-methyl/N-ethyl adjacent to an activating group) is 1. The minimum Gasteiger partial charge on any atom is -0.389 e. The van der Waals surface area contributed by atoms with Crippen LogP contribution in [0.1, 0.15) is 94.7 Å². The van der Waals surface area contributed by atoms with E-state index in [-0.39, 0.29) is 55.4 Å². The first-order chi connectivity index (χ1) is 29.2. The topological polar surface area (TPSA) is 202 Å². The van der Waals surface area contributed by atoms with Gasteiger partial charge in [0.2, 0.25) is 23.6 Å². The molecule has 0 aliphatic heterocycles. The van der Waals surface area contributed by atoms with E-state index >= 15 is 0 Å². The van der Waals surface area contributed by atoms with Crippen LogP contribution < -0.4 is 16.0 Å². The minimum absolute atomic E-state index is 0.0381. The van der Waals surface area contributed by atoms with Crippen LogP contribution in [0.2, 0.25) is 0 Å². The summed E-state index contributed by atoms with van der Waals surface area (Å²) in [6.45, 7) is 5.26. The molecule has 2 heterocycles. The molecule has 4 atom stereocenters. The number of carbonyl (C=O) groups excluding carboxylic acids is 5. The van der Waals surface area contributed by atoms with Crippen LogP contribution in [0.25, 0.3) is 6.08 Å². The maximum atomic E-state index is 14.4. The summed E-state index contributed by atoms with van der Waals surface area (Å²) in [6, 6.07) is 16.0. The molecule has 2 aromatic carbocycles. The van der Waals surface area contributed by atoms with E-state index in [4.69, 9.17) is 0 Å². The van der Waals surface area contributed by atoms with E-state index < -0.39 is 47.4 Å². The molecule has 5 rings (SSSR count). The zero-order valence-corrected chi connectivity index (χ0v) is 35.9. The van der Waals surface area contributed by atoms with Gasteiger partial charge in [0.15, 0.2) is 0 Å². The summed E-state index contributed by atoms with van der Waals surface area (Å²) in [5, 5.41) is 20.8. The van der Waals surface area contributed by atoms with Crippen LogP contribution in [0.4, 0.5) is 0 Å². The summed E-state index contributed by atoms with van der Waals surface area (Å²) in [5.41, 5.74) is 2.36. The number of hydrogen-bond acceptors (Lipinski definition) is 8. The van der Waals surface area contributed by atoms with E-state index in [9.17, 15) is 29.1 Å². The number of amides is 4. The molecule has 4 aromatic rings. The van der Waals surface area contributed by atoms with Crippen molar-refractivity contribution in [2.75, 3.05) is 13.6 Å². The summed E-state index contributed by atoms with van der Waals surface area (Å²) in [7, 11) is 1.57. The molecule has 0 radical (unpaired) electrons. The van der Waals surface area contributed by atoms with Gasteiger partial charge in [-0.3, -0.25) is 24.0 Å². The van der Waals surface area contributed by atoms with Gasteiger partial charge in [0.1, 0.15) is 17.9 Å². The lowest BCUT2D eigenvalue weighted by molar-refractivity contribution is -0.137. The highest BCUT2D eigenvalue weighted by Crippen LogP contribution is 2.28. The second kappa shape index (κ2) is 22.6. The second-order valence-electron chi connectivity index (χ2n) is 17.2. The normalized spacial score (nSPS) is 15.5. The third-order valence-corrected chi connectivity index (χ3v) is 11.2. The largest absolute Gasteiger partial charge is 0.389 e. The van der Waals surface area contributed by atoms with E-state index in [0.29, 0.717) is 24.2 Å². The Morgan fingerprint density at radius 1 is 0.836 bits per heavy atom. The van der Waals surface area contributed by atoms with Gasteiger partial charge in [-0.1, -0.05) is 114 Å². The Kier molecular flexibility index (Phi) is 17.1. The molecule has 1 aliphatic carbocycles. The van der Waals surface area contributed by atoms with Gasteiger partial charge in [-0.05, 0) is 36.0 Å². The SMILES string of the molecule is CN(C[C@H](O)[C@H](CC1CCCCC1)NC(=O)[C@H](Cc1c[nH]cn1)NC(=O)C(=Cc1ccccc1)CC(=O)C(C)(C)C)C(=O)[C@H](Cc1c[nH]cn1)NC(=O)CCc1ccccc1. The first-order valence-electron chi connectivity index (χ1n) is 21.4. The molecule has 326 valence electrons. The zero-order chi connectivity index (χ0) is 43.8. The highest BCUT2D eigenvalue weighted by molar-refractivity contribution is 6.05. The van der Waals surface area contributed by atoms with Crippen LogP contribution in [0, 0.1) is 11.3 Å². The third kappa shape index (κ3) is 15.0. The first-order valence-corrected chi connectivity index (χ1v) is 21.4. The molecule has 0 saturated heterocycles. The van der Waals surface area contributed by atoms with Crippen molar-refractivity contribution in [2.45, 2.75) is 116 Å². The van der Waals surface area contributed by atoms with E-state index in [1.807, 2.05) is 60.7 Å². The molecule has 1 saturated carbocycles. The number of aromatic nitrogens is 4. The molecule has 14 heteroatoms. The molecule has 0 spiro atoms. The van der Waals surface area contributed by atoms with E-state index in [1.165, 1.54) is 17.6 Å². The number of Topliss-reactive ketones (excluding diaryl/α,β-unsaturated/α-hetero) is 1. The number of imidazole rings is 2. The molecule has 61 heavy (non-hydrogen) atoms.